The predicted molar refractivity (Wildman–Crippen MR) is 83.6 cm³/mol. The molecule has 0 aromatic heterocycles. The number of unbranched alkanes of at least 4 members (excludes halogenated alkanes) is 3. The Balaban J connectivity index is 2.38. The minimum absolute atomic E-state index is 0.248. The molecule has 0 saturated heterocycles. The zero-order valence-corrected chi connectivity index (χ0v) is 12.6. The average molecular weight is 293 g/mol. The van der Waals surface area contributed by atoms with E-state index in [0.717, 1.165) is 12.8 Å². The van der Waals surface area contributed by atoms with Gasteiger partial charge in [-0.2, -0.15) is 0 Å². The average Bonchev–Trinajstić information content (AvgIpc) is 2.47. The van der Waals surface area contributed by atoms with Crippen molar-refractivity contribution in [1.82, 2.24) is 5.32 Å². The molecule has 0 aliphatic carbocycles. The summed E-state index contributed by atoms with van der Waals surface area (Å²) in [5.74, 6) is 0. The molecule has 0 aliphatic heterocycles. The second kappa shape index (κ2) is 9.63. The highest BCUT2D eigenvalue weighted by molar-refractivity contribution is 5.91. The van der Waals surface area contributed by atoms with Crippen LogP contribution in [0.15, 0.2) is 24.3 Å². The van der Waals surface area contributed by atoms with Gasteiger partial charge in [-0.25, -0.2) is 9.59 Å². The van der Waals surface area contributed by atoms with E-state index >= 15 is 0 Å². The molecule has 6 nitrogen and oxygen atoms in total. The van der Waals surface area contributed by atoms with Crippen molar-refractivity contribution in [3.8, 4) is 0 Å². The van der Waals surface area contributed by atoms with Gasteiger partial charge in [0, 0.05) is 17.9 Å². The Morgan fingerprint density at radius 3 is 2.48 bits per heavy atom. The van der Waals surface area contributed by atoms with Crippen LogP contribution in [0.25, 0.3) is 0 Å². The summed E-state index contributed by atoms with van der Waals surface area (Å²) >= 11 is 0. The van der Waals surface area contributed by atoms with Crippen molar-refractivity contribution in [2.45, 2.75) is 32.6 Å². The third-order valence-corrected chi connectivity index (χ3v) is 2.87. The molecule has 0 fully saturated rings. The molecule has 0 aliphatic rings. The van der Waals surface area contributed by atoms with Crippen molar-refractivity contribution in [2.75, 3.05) is 24.3 Å². The van der Waals surface area contributed by atoms with Crippen LogP contribution in [0.2, 0.25) is 0 Å². The number of ether oxygens (including phenoxy) is 1. The van der Waals surface area contributed by atoms with E-state index < -0.39 is 6.09 Å². The number of anilines is 2. The molecule has 0 spiro atoms. The summed E-state index contributed by atoms with van der Waals surface area (Å²) in [5.41, 5.74) is 1.16. The SMILES string of the molecule is CCCCCCNC(=O)Nc1cccc(NC(=O)OC)c1. The van der Waals surface area contributed by atoms with Crippen LogP contribution in [0.4, 0.5) is 21.0 Å². The van der Waals surface area contributed by atoms with Gasteiger partial charge in [-0.15, -0.1) is 0 Å². The molecular formula is C15H23N3O3. The quantitative estimate of drug-likeness (QED) is 0.672. The van der Waals surface area contributed by atoms with Gasteiger partial charge in [-0.1, -0.05) is 32.3 Å². The molecule has 1 aromatic carbocycles. The standard InChI is InChI=1S/C15H23N3O3/c1-3-4-5-6-10-16-14(19)17-12-8-7-9-13(11-12)18-15(20)21-2/h7-9,11H,3-6,10H2,1-2H3,(H,18,20)(H2,16,17,19). The number of benzene rings is 1. The van der Waals surface area contributed by atoms with Gasteiger partial charge >= 0.3 is 12.1 Å². The number of nitrogens with one attached hydrogen (secondary N) is 3. The lowest BCUT2D eigenvalue weighted by Crippen LogP contribution is -2.29. The lowest BCUT2D eigenvalue weighted by molar-refractivity contribution is 0.187. The third-order valence-electron chi connectivity index (χ3n) is 2.87. The lowest BCUT2D eigenvalue weighted by atomic mass is 10.2. The molecule has 3 N–H and O–H groups in total. The van der Waals surface area contributed by atoms with Gasteiger partial charge in [0.15, 0.2) is 0 Å². The second-order valence-electron chi connectivity index (χ2n) is 4.64. The second-order valence-corrected chi connectivity index (χ2v) is 4.64. The largest absolute Gasteiger partial charge is 0.453 e. The first kappa shape index (κ1) is 16.8. The summed E-state index contributed by atoms with van der Waals surface area (Å²) in [6, 6.07) is 6.61. The van der Waals surface area contributed by atoms with Gasteiger partial charge in [-0.05, 0) is 24.6 Å². The van der Waals surface area contributed by atoms with Crippen molar-refractivity contribution >= 4 is 23.5 Å². The Morgan fingerprint density at radius 1 is 1.10 bits per heavy atom. The van der Waals surface area contributed by atoms with Gasteiger partial charge in [0.1, 0.15) is 0 Å². The van der Waals surface area contributed by atoms with E-state index in [1.54, 1.807) is 24.3 Å². The third kappa shape index (κ3) is 7.20. The van der Waals surface area contributed by atoms with E-state index in [1.165, 1.54) is 20.0 Å². The number of methoxy groups -OCH3 is 1. The summed E-state index contributed by atoms with van der Waals surface area (Å²) in [6.45, 7) is 2.81. The number of urea groups is 1. The predicted octanol–water partition coefficient (Wildman–Crippen LogP) is 3.57. The van der Waals surface area contributed by atoms with Crippen LogP contribution in [0, 0.1) is 0 Å². The van der Waals surface area contributed by atoms with E-state index in [0.29, 0.717) is 17.9 Å². The Bertz CT molecular complexity index is 463. The molecule has 0 radical (unpaired) electrons. The van der Waals surface area contributed by atoms with Crippen LogP contribution in [0.5, 0.6) is 0 Å². The maximum Gasteiger partial charge on any atom is 0.411 e. The van der Waals surface area contributed by atoms with Crippen molar-refractivity contribution in [2.24, 2.45) is 0 Å². The van der Waals surface area contributed by atoms with E-state index in [2.05, 4.69) is 27.6 Å². The Kier molecular flexibility index (Phi) is 7.71. The molecule has 0 unspecified atom stereocenters. The number of rotatable bonds is 7. The Hall–Kier alpha value is -2.24. The van der Waals surface area contributed by atoms with Crippen LogP contribution in [-0.4, -0.2) is 25.8 Å². The van der Waals surface area contributed by atoms with Gasteiger partial charge in [0.05, 0.1) is 7.11 Å². The lowest BCUT2D eigenvalue weighted by Gasteiger charge is -2.09. The zero-order chi connectivity index (χ0) is 15.5. The minimum Gasteiger partial charge on any atom is -0.453 e. The molecule has 1 aromatic rings. The molecule has 116 valence electrons. The first-order valence-electron chi connectivity index (χ1n) is 7.15. The van der Waals surface area contributed by atoms with Crippen LogP contribution < -0.4 is 16.0 Å². The van der Waals surface area contributed by atoms with Gasteiger partial charge in [0.25, 0.3) is 0 Å². The molecule has 3 amide bonds. The van der Waals surface area contributed by atoms with Gasteiger partial charge in [-0.3, -0.25) is 5.32 Å². The smallest absolute Gasteiger partial charge is 0.411 e. The molecule has 6 heteroatoms. The number of amides is 3. The highest BCUT2D eigenvalue weighted by atomic mass is 16.5. The maximum atomic E-state index is 11.7. The fourth-order valence-corrected chi connectivity index (χ4v) is 1.77. The minimum atomic E-state index is -0.549. The van der Waals surface area contributed by atoms with Crippen LogP contribution in [0.1, 0.15) is 32.6 Å². The first-order valence-corrected chi connectivity index (χ1v) is 7.15. The molecule has 21 heavy (non-hydrogen) atoms. The molecule has 0 saturated carbocycles. The maximum absolute atomic E-state index is 11.7. The normalized spacial score (nSPS) is 9.81. The first-order chi connectivity index (χ1) is 10.2. The Labute approximate surface area is 125 Å². The van der Waals surface area contributed by atoms with E-state index in [1.807, 2.05) is 0 Å². The molecule has 0 heterocycles. The number of hydrogen-bond donors (Lipinski definition) is 3. The van der Waals surface area contributed by atoms with Gasteiger partial charge in [0.2, 0.25) is 0 Å². The number of hydrogen-bond acceptors (Lipinski definition) is 3. The highest BCUT2D eigenvalue weighted by Crippen LogP contribution is 2.15. The topological polar surface area (TPSA) is 79.5 Å². The van der Waals surface area contributed by atoms with Crippen molar-refractivity contribution in [3.63, 3.8) is 0 Å². The fourth-order valence-electron chi connectivity index (χ4n) is 1.77. The number of carbonyl (C=O) groups excluding carboxylic acids is 2. The van der Waals surface area contributed by atoms with Crippen molar-refractivity contribution < 1.29 is 14.3 Å². The number of carbonyl (C=O) groups is 2. The summed E-state index contributed by atoms with van der Waals surface area (Å²) in [5, 5.41) is 8.06. The van der Waals surface area contributed by atoms with E-state index in [4.69, 9.17) is 0 Å². The molecule has 0 bridgehead atoms. The molecule has 1 rings (SSSR count). The summed E-state index contributed by atoms with van der Waals surface area (Å²) < 4.78 is 4.51. The van der Waals surface area contributed by atoms with Crippen molar-refractivity contribution in [3.05, 3.63) is 24.3 Å². The monoisotopic (exact) mass is 293 g/mol. The summed E-state index contributed by atoms with van der Waals surface area (Å²) in [4.78, 5) is 22.8. The van der Waals surface area contributed by atoms with Crippen LogP contribution in [0.3, 0.4) is 0 Å². The van der Waals surface area contributed by atoms with Crippen LogP contribution in [-0.2, 0) is 4.74 Å². The molecule has 0 atom stereocenters. The fraction of sp³-hybridized carbons (Fsp3) is 0.467. The van der Waals surface area contributed by atoms with E-state index in [9.17, 15) is 9.59 Å². The zero-order valence-electron chi connectivity index (χ0n) is 12.6. The molecular weight excluding hydrogens is 270 g/mol. The Morgan fingerprint density at radius 2 is 1.81 bits per heavy atom. The highest BCUT2D eigenvalue weighted by Gasteiger charge is 2.04. The van der Waals surface area contributed by atoms with E-state index in [-0.39, 0.29) is 6.03 Å². The summed E-state index contributed by atoms with van der Waals surface area (Å²) in [7, 11) is 1.30. The van der Waals surface area contributed by atoms with Gasteiger partial charge < -0.3 is 15.4 Å². The van der Waals surface area contributed by atoms with Crippen molar-refractivity contribution in [1.29, 1.82) is 0 Å². The summed E-state index contributed by atoms with van der Waals surface area (Å²) in [6.07, 6.45) is 3.91. The van der Waals surface area contributed by atoms with Crippen LogP contribution >= 0.6 is 0 Å².